The van der Waals surface area contributed by atoms with E-state index >= 15 is 0 Å². The maximum atomic E-state index is 12.2. The van der Waals surface area contributed by atoms with Gasteiger partial charge >= 0.3 is 0 Å². The number of amides is 2. The van der Waals surface area contributed by atoms with Gasteiger partial charge in [0, 0.05) is 52.4 Å². The molecule has 1 aliphatic heterocycles. The fourth-order valence-corrected chi connectivity index (χ4v) is 3.07. The first-order valence-electron chi connectivity index (χ1n) is 8.95. The molecule has 0 saturated carbocycles. The van der Waals surface area contributed by atoms with Gasteiger partial charge in [0.1, 0.15) is 5.75 Å². The summed E-state index contributed by atoms with van der Waals surface area (Å²) < 4.78 is 5.46. The van der Waals surface area contributed by atoms with Crippen LogP contribution in [-0.4, -0.2) is 87.0 Å². The van der Waals surface area contributed by atoms with Crippen LogP contribution in [0.2, 0.25) is 0 Å². The van der Waals surface area contributed by atoms with Crippen molar-refractivity contribution in [3.8, 4) is 5.75 Å². The lowest BCUT2D eigenvalue weighted by Gasteiger charge is -2.35. The van der Waals surface area contributed by atoms with Gasteiger partial charge in [-0.05, 0) is 13.0 Å². The Morgan fingerprint density at radius 1 is 1.19 bits per heavy atom. The van der Waals surface area contributed by atoms with Crippen molar-refractivity contribution in [3.05, 3.63) is 29.3 Å². The topological polar surface area (TPSA) is 65.1 Å². The molecule has 0 atom stereocenters. The summed E-state index contributed by atoms with van der Waals surface area (Å²) in [6.45, 7) is 6.89. The number of benzene rings is 1. The molecule has 1 heterocycles. The quantitative estimate of drug-likeness (QED) is 0.757. The van der Waals surface area contributed by atoms with Gasteiger partial charge in [0.2, 0.25) is 11.8 Å². The van der Waals surface area contributed by atoms with Crippen molar-refractivity contribution in [1.82, 2.24) is 20.0 Å². The van der Waals surface area contributed by atoms with Crippen molar-refractivity contribution < 1.29 is 14.3 Å². The molecule has 0 unspecified atom stereocenters. The maximum Gasteiger partial charge on any atom is 0.239 e. The van der Waals surface area contributed by atoms with E-state index < -0.39 is 0 Å². The van der Waals surface area contributed by atoms with Gasteiger partial charge in [0.05, 0.1) is 20.2 Å². The van der Waals surface area contributed by atoms with E-state index in [9.17, 15) is 9.59 Å². The van der Waals surface area contributed by atoms with Crippen LogP contribution in [0.3, 0.4) is 0 Å². The second-order valence-electron chi connectivity index (χ2n) is 6.79. The lowest BCUT2D eigenvalue weighted by Crippen LogP contribution is -2.50. The molecule has 26 heavy (non-hydrogen) atoms. The van der Waals surface area contributed by atoms with Gasteiger partial charge in [-0.3, -0.25) is 19.4 Å². The maximum absolute atomic E-state index is 12.2. The van der Waals surface area contributed by atoms with E-state index in [1.165, 1.54) is 16.0 Å². The molecule has 1 aliphatic rings. The highest BCUT2D eigenvalue weighted by atomic mass is 16.5. The Kier molecular flexibility index (Phi) is 7.41. The van der Waals surface area contributed by atoms with Crippen LogP contribution < -0.4 is 10.1 Å². The molecule has 0 aliphatic carbocycles. The number of carbonyl (C=O) groups excluding carboxylic acids is 2. The number of piperazine rings is 1. The first kappa shape index (κ1) is 20.2. The number of rotatable bonds is 7. The van der Waals surface area contributed by atoms with Crippen LogP contribution in [0, 0.1) is 6.92 Å². The summed E-state index contributed by atoms with van der Waals surface area (Å²) in [7, 11) is 4.94. The highest BCUT2D eigenvalue weighted by Crippen LogP contribution is 2.22. The molecular weight excluding hydrogens is 332 g/mol. The Hall–Kier alpha value is -2.12. The van der Waals surface area contributed by atoms with Gasteiger partial charge in [-0.1, -0.05) is 17.7 Å². The molecule has 7 heteroatoms. The fourth-order valence-electron chi connectivity index (χ4n) is 3.07. The van der Waals surface area contributed by atoms with Crippen LogP contribution in [0.1, 0.15) is 11.1 Å². The van der Waals surface area contributed by atoms with Crippen molar-refractivity contribution in [2.75, 3.05) is 60.5 Å². The normalized spacial score (nSPS) is 15.5. The number of nitrogens with one attached hydrogen (secondary N) is 1. The number of hydrogen-bond acceptors (Lipinski definition) is 5. The van der Waals surface area contributed by atoms with E-state index in [-0.39, 0.29) is 18.4 Å². The number of methoxy groups -OCH3 is 1. The molecule has 0 bridgehead atoms. The van der Waals surface area contributed by atoms with E-state index in [0.29, 0.717) is 6.54 Å². The zero-order valence-electron chi connectivity index (χ0n) is 16.2. The van der Waals surface area contributed by atoms with Crippen molar-refractivity contribution in [2.45, 2.75) is 13.5 Å². The molecule has 1 fully saturated rings. The third kappa shape index (κ3) is 5.71. The number of hydrogen-bond donors (Lipinski definition) is 1. The van der Waals surface area contributed by atoms with Gasteiger partial charge in [-0.15, -0.1) is 0 Å². The molecule has 1 saturated heterocycles. The second kappa shape index (κ2) is 9.54. The summed E-state index contributed by atoms with van der Waals surface area (Å²) in [5.41, 5.74) is 2.42. The Morgan fingerprint density at radius 3 is 2.46 bits per heavy atom. The highest BCUT2D eigenvalue weighted by molar-refractivity contribution is 5.85. The average molecular weight is 362 g/mol. The van der Waals surface area contributed by atoms with Gasteiger partial charge in [0.15, 0.2) is 0 Å². The Morgan fingerprint density at radius 2 is 1.85 bits per heavy atom. The Bertz CT molecular complexity index is 627. The lowest BCUT2D eigenvalue weighted by atomic mass is 10.1. The number of ether oxygens (including phenoxy) is 1. The SMILES string of the molecule is CNC(=O)CN(C)C(=O)CN1CCN(Cc2cc(C)ccc2OC)CC1. The minimum atomic E-state index is -0.155. The van der Waals surface area contributed by atoms with Gasteiger partial charge in [-0.2, -0.15) is 0 Å². The molecule has 1 aromatic rings. The summed E-state index contributed by atoms with van der Waals surface area (Å²) in [4.78, 5) is 29.6. The van der Waals surface area contributed by atoms with Gasteiger partial charge in [-0.25, -0.2) is 0 Å². The number of nitrogens with zero attached hydrogens (tertiary/aromatic N) is 3. The van der Waals surface area contributed by atoms with Crippen LogP contribution >= 0.6 is 0 Å². The summed E-state index contributed by atoms with van der Waals surface area (Å²) >= 11 is 0. The molecule has 0 radical (unpaired) electrons. The molecule has 0 spiro atoms. The van der Waals surface area contributed by atoms with Crippen molar-refractivity contribution >= 4 is 11.8 Å². The molecule has 0 aromatic heterocycles. The van der Waals surface area contributed by atoms with Crippen LogP contribution in [0.4, 0.5) is 0 Å². The summed E-state index contributed by atoms with van der Waals surface area (Å²) in [5, 5.41) is 2.53. The van der Waals surface area contributed by atoms with Crippen LogP contribution in [0.15, 0.2) is 18.2 Å². The predicted octanol–water partition coefficient (Wildman–Crippen LogP) is 0.326. The molecule has 2 rings (SSSR count). The lowest BCUT2D eigenvalue weighted by molar-refractivity contribution is -0.135. The Balaban J connectivity index is 1.81. The average Bonchev–Trinajstić information content (AvgIpc) is 2.63. The second-order valence-corrected chi connectivity index (χ2v) is 6.79. The zero-order valence-corrected chi connectivity index (χ0v) is 16.2. The van der Waals surface area contributed by atoms with E-state index in [4.69, 9.17) is 4.74 Å². The monoisotopic (exact) mass is 362 g/mol. The van der Waals surface area contributed by atoms with E-state index in [1.807, 2.05) is 6.07 Å². The van der Waals surface area contributed by atoms with Crippen molar-refractivity contribution in [1.29, 1.82) is 0 Å². The summed E-state index contributed by atoms with van der Waals surface area (Å²) in [6.07, 6.45) is 0. The predicted molar refractivity (Wildman–Crippen MR) is 101 cm³/mol. The number of likely N-dealkylation sites (N-methyl/N-ethyl adjacent to an activating group) is 2. The van der Waals surface area contributed by atoms with Crippen molar-refractivity contribution in [2.24, 2.45) is 0 Å². The largest absolute Gasteiger partial charge is 0.496 e. The molecular formula is C19H30N4O3. The van der Waals surface area contributed by atoms with Crippen molar-refractivity contribution in [3.63, 3.8) is 0 Å². The minimum absolute atomic E-state index is 0.0256. The van der Waals surface area contributed by atoms with E-state index in [1.54, 1.807) is 21.2 Å². The molecule has 144 valence electrons. The molecule has 2 amide bonds. The third-order valence-corrected chi connectivity index (χ3v) is 4.74. The van der Waals surface area contributed by atoms with E-state index in [2.05, 4.69) is 34.2 Å². The first-order chi connectivity index (χ1) is 12.4. The minimum Gasteiger partial charge on any atom is -0.496 e. The Labute approximate surface area is 155 Å². The zero-order chi connectivity index (χ0) is 19.1. The van der Waals surface area contributed by atoms with Crippen LogP contribution in [0.5, 0.6) is 5.75 Å². The first-order valence-corrected chi connectivity index (χ1v) is 8.95. The summed E-state index contributed by atoms with van der Waals surface area (Å²) in [5.74, 6) is 0.740. The fraction of sp³-hybridized carbons (Fsp3) is 0.579. The smallest absolute Gasteiger partial charge is 0.239 e. The van der Waals surface area contributed by atoms with Crippen LogP contribution in [-0.2, 0) is 16.1 Å². The standard InChI is InChI=1S/C19H30N4O3/c1-15-5-6-17(26-4)16(11-15)12-22-7-9-23(10-8-22)14-19(25)21(3)13-18(24)20-2/h5-6,11H,7-10,12-14H2,1-4H3,(H,20,24). The molecule has 1 aromatic carbocycles. The van der Waals surface area contributed by atoms with E-state index in [0.717, 1.165) is 38.5 Å². The molecule has 7 nitrogen and oxygen atoms in total. The summed E-state index contributed by atoms with van der Waals surface area (Å²) in [6, 6.07) is 6.24. The molecule has 1 N–H and O–H groups in total. The van der Waals surface area contributed by atoms with Crippen LogP contribution in [0.25, 0.3) is 0 Å². The number of carbonyl (C=O) groups is 2. The van der Waals surface area contributed by atoms with Gasteiger partial charge < -0.3 is 15.0 Å². The number of aryl methyl sites for hydroxylation is 1. The van der Waals surface area contributed by atoms with Gasteiger partial charge in [0.25, 0.3) is 0 Å². The third-order valence-electron chi connectivity index (χ3n) is 4.74. The highest BCUT2D eigenvalue weighted by Gasteiger charge is 2.22.